The van der Waals surface area contributed by atoms with Crippen molar-refractivity contribution in [2.24, 2.45) is 4.99 Å². The first-order valence-corrected chi connectivity index (χ1v) is 14.8. The van der Waals surface area contributed by atoms with Gasteiger partial charge in [0.25, 0.3) is 5.91 Å². The Kier molecular flexibility index (Phi) is 10.0. The zero-order valence-electron chi connectivity index (χ0n) is 21.9. The van der Waals surface area contributed by atoms with Crippen LogP contribution in [0, 0.1) is 13.8 Å². The largest absolute Gasteiger partial charge is 0.383 e. The number of thiazole rings is 1. The van der Waals surface area contributed by atoms with Gasteiger partial charge in [0.15, 0.2) is 4.80 Å². The van der Waals surface area contributed by atoms with Gasteiger partial charge in [-0.05, 0) is 68.1 Å². The van der Waals surface area contributed by atoms with Gasteiger partial charge < -0.3 is 9.30 Å². The number of carbonyl (C=O) groups is 1. The Hall–Kier alpha value is -2.33. The van der Waals surface area contributed by atoms with Crippen molar-refractivity contribution in [3.8, 4) is 0 Å². The Morgan fingerprint density at radius 3 is 2.28 bits per heavy atom. The molecule has 0 unspecified atom stereocenters. The van der Waals surface area contributed by atoms with Crippen LogP contribution in [0.15, 0.2) is 46.3 Å². The number of hydrogen-bond acceptors (Lipinski definition) is 5. The fourth-order valence-corrected chi connectivity index (χ4v) is 6.91. The van der Waals surface area contributed by atoms with E-state index in [0.29, 0.717) is 36.6 Å². The van der Waals surface area contributed by atoms with Crippen molar-refractivity contribution in [1.29, 1.82) is 0 Å². The maximum atomic E-state index is 13.2. The molecule has 0 saturated carbocycles. The van der Waals surface area contributed by atoms with Crippen molar-refractivity contribution in [3.63, 3.8) is 0 Å². The lowest BCUT2D eigenvalue weighted by molar-refractivity contribution is 0.0997. The molecule has 0 aliphatic rings. The van der Waals surface area contributed by atoms with Crippen LogP contribution in [0.1, 0.15) is 61.0 Å². The SMILES string of the molecule is CCCCN(CCCC)S(=O)(=O)c1ccc(C(=O)N=c2sc3cc(C)cc(C)c3n2CCOC)cc1. The van der Waals surface area contributed by atoms with Crippen LogP contribution in [-0.4, -0.2) is 50.0 Å². The van der Waals surface area contributed by atoms with Crippen molar-refractivity contribution in [2.75, 3.05) is 26.8 Å². The molecule has 1 amide bonds. The number of hydrogen-bond donors (Lipinski definition) is 0. The summed E-state index contributed by atoms with van der Waals surface area (Å²) in [6, 6.07) is 10.4. The van der Waals surface area contributed by atoms with E-state index in [4.69, 9.17) is 4.74 Å². The Morgan fingerprint density at radius 2 is 1.69 bits per heavy atom. The molecular weight excluding hydrogens is 494 g/mol. The maximum Gasteiger partial charge on any atom is 0.279 e. The average molecular weight is 532 g/mol. The number of fused-ring (bicyclic) bond motifs is 1. The first-order chi connectivity index (χ1) is 17.2. The van der Waals surface area contributed by atoms with Gasteiger partial charge in [-0.3, -0.25) is 4.79 Å². The average Bonchev–Trinajstić information content (AvgIpc) is 3.19. The van der Waals surface area contributed by atoms with Crippen LogP contribution in [-0.2, 0) is 21.3 Å². The van der Waals surface area contributed by atoms with Gasteiger partial charge >= 0.3 is 0 Å². The summed E-state index contributed by atoms with van der Waals surface area (Å²) in [7, 11) is -1.97. The number of unbranched alkanes of at least 4 members (excludes halogenated alkanes) is 2. The summed E-state index contributed by atoms with van der Waals surface area (Å²) < 4.78 is 36.4. The molecule has 0 aliphatic carbocycles. The number of ether oxygens (including phenoxy) is 1. The number of methoxy groups -OCH3 is 1. The fourth-order valence-electron chi connectivity index (χ4n) is 4.16. The van der Waals surface area contributed by atoms with Gasteiger partial charge in [0, 0.05) is 32.3 Å². The first-order valence-electron chi connectivity index (χ1n) is 12.5. The minimum atomic E-state index is -3.61. The zero-order valence-corrected chi connectivity index (χ0v) is 23.5. The molecule has 36 heavy (non-hydrogen) atoms. The number of amides is 1. The summed E-state index contributed by atoms with van der Waals surface area (Å²) in [6.07, 6.45) is 3.48. The van der Waals surface area contributed by atoms with Crippen LogP contribution in [0.4, 0.5) is 0 Å². The van der Waals surface area contributed by atoms with Crippen LogP contribution >= 0.6 is 11.3 Å². The minimum Gasteiger partial charge on any atom is -0.383 e. The molecule has 0 aliphatic heterocycles. The van der Waals surface area contributed by atoms with Gasteiger partial charge in [-0.25, -0.2) is 8.42 Å². The monoisotopic (exact) mass is 531 g/mol. The van der Waals surface area contributed by atoms with Crippen LogP contribution in [0.2, 0.25) is 0 Å². The molecule has 1 heterocycles. The molecule has 0 atom stereocenters. The summed E-state index contributed by atoms with van der Waals surface area (Å²) >= 11 is 1.47. The molecule has 3 rings (SSSR count). The highest BCUT2D eigenvalue weighted by atomic mass is 32.2. The summed E-state index contributed by atoms with van der Waals surface area (Å²) in [5.41, 5.74) is 3.68. The third-order valence-electron chi connectivity index (χ3n) is 6.09. The zero-order chi connectivity index (χ0) is 26.3. The van der Waals surface area contributed by atoms with Crippen LogP contribution in [0.3, 0.4) is 0 Å². The second kappa shape index (κ2) is 12.8. The van der Waals surface area contributed by atoms with Crippen molar-refractivity contribution in [1.82, 2.24) is 8.87 Å². The molecule has 0 N–H and O–H groups in total. The number of sulfonamides is 1. The molecule has 7 nitrogen and oxygen atoms in total. The van der Waals surface area contributed by atoms with E-state index >= 15 is 0 Å². The highest BCUT2D eigenvalue weighted by Crippen LogP contribution is 2.23. The van der Waals surface area contributed by atoms with Crippen molar-refractivity contribution >= 4 is 37.5 Å². The first kappa shape index (κ1) is 28.2. The van der Waals surface area contributed by atoms with E-state index in [1.807, 2.05) is 18.4 Å². The van der Waals surface area contributed by atoms with E-state index in [1.165, 1.54) is 23.5 Å². The maximum absolute atomic E-state index is 13.2. The summed E-state index contributed by atoms with van der Waals surface area (Å²) in [5.74, 6) is -0.403. The van der Waals surface area contributed by atoms with E-state index in [2.05, 4.69) is 31.0 Å². The van der Waals surface area contributed by atoms with Gasteiger partial charge in [0.1, 0.15) is 0 Å². The lowest BCUT2D eigenvalue weighted by atomic mass is 10.1. The third kappa shape index (κ3) is 6.51. The van der Waals surface area contributed by atoms with Gasteiger partial charge in [-0.1, -0.05) is 44.1 Å². The molecule has 0 fully saturated rings. The second-order valence-electron chi connectivity index (χ2n) is 9.01. The molecule has 0 spiro atoms. The van der Waals surface area contributed by atoms with E-state index in [1.54, 1.807) is 23.5 Å². The molecule has 1 aromatic heterocycles. The van der Waals surface area contributed by atoms with E-state index in [9.17, 15) is 13.2 Å². The Labute approximate surface area is 218 Å². The molecular formula is C27H37N3O4S2. The number of nitrogens with zero attached hydrogens (tertiary/aromatic N) is 3. The lowest BCUT2D eigenvalue weighted by Crippen LogP contribution is -2.33. The van der Waals surface area contributed by atoms with E-state index in [-0.39, 0.29) is 4.90 Å². The van der Waals surface area contributed by atoms with Crippen molar-refractivity contribution in [2.45, 2.75) is 64.8 Å². The molecule has 0 bridgehead atoms. The number of aromatic nitrogens is 1. The highest BCUT2D eigenvalue weighted by Gasteiger charge is 2.24. The number of benzene rings is 2. The smallest absolute Gasteiger partial charge is 0.279 e. The third-order valence-corrected chi connectivity index (χ3v) is 9.03. The highest BCUT2D eigenvalue weighted by molar-refractivity contribution is 7.89. The molecule has 0 saturated heterocycles. The second-order valence-corrected chi connectivity index (χ2v) is 12.0. The van der Waals surface area contributed by atoms with Gasteiger partial charge in [-0.2, -0.15) is 9.30 Å². The Morgan fingerprint density at radius 1 is 1.06 bits per heavy atom. The number of carbonyl (C=O) groups excluding carboxylic acids is 1. The number of rotatable bonds is 12. The standard InChI is InChI=1S/C27H37N3O4S2/c1-6-8-14-29(15-9-7-2)36(32,33)23-12-10-22(11-13-23)26(31)28-27-30(16-17-34-5)25-21(4)18-20(3)19-24(25)35-27/h10-13,18-19H,6-9,14-17H2,1-5H3. The molecule has 2 aromatic carbocycles. The summed E-state index contributed by atoms with van der Waals surface area (Å²) in [6.45, 7) is 10.3. The van der Waals surface area contributed by atoms with Gasteiger partial charge in [0.2, 0.25) is 10.0 Å². The Bertz CT molecular complexity index is 1350. The summed E-state index contributed by atoms with van der Waals surface area (Å²) in [5, 5.41) is 0. The molecule has 3 aromatic rings. The van der Waals surface area contributed by atoms with Gasteiger partial charge in [0.05, 0.1) is 21.7 Å². The van der Waals surface area contributed by atoms with E-state index in [0.717, 1.165) is 47.0 Å². The van der Waals surface area contributed by atoms with Crippen molar-refractivity contribution in [3.05, 3.63) is 57.9 Å². The number of aryl methyl sites for hydroxylation is 2. The van der Waals surface area contributed by atoms with Crippen LogP contribution in [0.25, 0.3) is 10.2 Å². The fraction of sp³-hybridized carbons (Fsp3) is 0.481. The summed E-state index contributed by atoms with van der Waals surface area (Å²) in [4.78, 5) is 18.3. The predicted molar refractivity (Wildman–Crippen MR) is 146 cm³/mol. The van der Waals surface area contributed by atoms with Crippen molar-refractivity contribution < 1.29 is 17.9 Å². The predicted octanol–water partition coefficient (Wildman–Crippen LogP) is 5.30. The quantitative estimate of drug-likeness (QED) is 0.318. The normalized spacial score (nSPS) is 12.7. The molecule has 9 heteroatoms. The topological polar surface area (TPSA) is 81.0 Å². The van der Waals surface area contributed by atoms with Crippen LogP contribution in [0.5, 0.6) is 0 Å². The lowest BCUT2D eigenvalue weighted by Gasteiger charge is -2.22. The van der Waals surface area contributed by atoms with Gasteiger partial charge in [-0.15, -0.1) is 0 Å². The molecule has 0 radical (unpaired) electrons. The van der Waals surface area contributed by atoms with Crippen LogP contribution < -0.4 is 4.80 Å². The molecule has 196 valence electrons. The minimum absolute atomic E-state index is 0.203. The van der Waals surface area contributed by atoms with E-state index < -0.39 is 15.9 Å². The Balaban J connectivity index is 1.94.